The molecule has 2 N–H and O–H groups in total. The zero-order chi connectivity index (χ0) is 14.5. The number of aliphatic hydroxyl groups excluding tert-OH is 2. The summed E-state index contributed by atoms with van der Waals surface area (Å²) in [5.41, 5.74) is 0.983. The van der Waals surface area contributed by atoms with Gasteiger partial charge < -0.3 is 10.2 Å². The summed E-state index contributed by atoms with van der Waals surface area (Å²) in [6, 6.07) is 6.58. The Morgan fingerprint density at radius 3 is 2.32 bits per heavy atom. The van der Waals surface area contributed by atoms with Crippen LogP contribution in [-0.2, 0) is 10.0 Å². The van der Waals surface area contributed by atoms with Crippen LogP contribution in [0.4, 0.5) is 0 Å². The quantitative estimate of drug-likeness (QED) is 0.776. The van der Waals surface area contributed by atoms with Crippen LogP contribution in [0.5, 0.6) is 0 Å². The average molecular weight is 287 g/mol. The summed E-state index contributed by atoms with van der Waals surface area (Å²) in [5, 5.41) is 18.2. The molecule has 108 valence electrons. The van der Waals surface area contributed by atoms with Gasteiger partial charge in [0, 0.05) is 19.7 Å². The topological polar surface area (TPSA) is 77.8 Å². The van der Waals surface area contributed by atoms with Crippen molar-refractivity contribution in [3.05, 3.63) is 29.8 Å². The first kappa shape index (κ1) is 16.1. The van der Waals surface area contributed by atoms with Gasteiger partial charge in [0.1, 0.15) is 0 Å². The minimum absolute atomic E-state index is 0.0240. The van der Waals surface area contributed by atoms with Gasteiger partial charge in [-0.2, -0.15) is 4.31 Å². The Kier molecular flexibility index (Phi) is 5.93. The molecule has 0 fully saturated rings. The monoisotopic (exact) mass is 287 g/mol. The molecule has 0 saturated heterocycles. The molecule has 1 atom stereocenters. The molecule has 5 nitrogen and oxygen atoms in total. The zero-order valence-corrected chi connectivity index (χ0v) is 12.1. The van der Waals surface area contributed by atoms with Gasteiger partial charge in [0.25, 0.3) is 0 Å². The standard InChI is InChI=1S/C13H21NO4S/c1-11-4-6-13(7-5-11)19(17,18)14(8-3-9-15)10-12(2)16/h4-7,12,15-16H,3,8-10H2,1-2H3. The fourth-order valence-electron chi connectivity index (χ4n) is 1.71. The van der Waals surface area contributed by atoms with Crippen molar-refractivity contribution in [2.45, 2.75) is 31.3 Å². The predicted octanol–water partition coefficient (Wildman–Crippen LogP) is 0.749. The third-order valence-corrected chi connectivity index (χ3v) is 4.57. The van der Waals surface area contributed by atoms with E-state index in [0.29, 0.717) is 6.42 Å². The summed E-state index contributed by atoms with van der Waals surface area (Å²) < 4.78 is 26.0. The Balaban J connectivity index is 3.00. The lowest BCUT2D eigenvalue weighted by Crippen LogP contribution is -2.37. The Labute approximate surface area is 114 Å². The molecule has 1 unspecified atom stereocenters. The molecular weight excluding hydrogens is 266 g/mol. The highest BCUT2D eigenvalue weighted by Crippen LogP contribution is 2.17. The van der Waals surface area contributed by atoms with E-state index in [1.54, 1.807) is 24.3 Å². The van der Waals surface area contributed by atoms with Crippen molar-refractivity contribution >= 4 is 10.0 Å². The molecular formula is C13H21NO4S. The average Bonchev–Trinajstić information content (AvgIpc) is 2.34. The molecule has 0 aliphatic carbocycles. The Hall–Kier alpha value is -0.950. The molecule has 0 amide bonds. The molecule has 0 heterocycles. The second-order valence-electron chi connectivity index (χ2n) is 4.60. The Morgan fingerprint density at radius 2 is 1.84 bits per heavy atom. The first-order valence-corrected chi connectivity index (χ1v) is 7.67. The van der Waals surface area contributed by atoms with Gasteiger partial charge in [0.15, 0.2) is 0 Å². The smallest absolute Gasteiger partial charge is 0.243 e. The molecule has 0 aromatic heterocycles. The maximum absolute atomic E-state index is 12.4. The molecule has 1 rings (SSSR count). The van der Waals surface area contributed by atoms with Crippen LogP contribution in [0.3, 0.4) is 0 Å². The first-order valence-electron chi connectivity index (χ1n) is 6.23. The van der Waals surface area contributed by atoms with Gasteiger partial charge in [-0.3, -0.25) is 0 Å². The van der Waals surface area contributed by atoms with Crippen molar-refractivity contribution in [2.75, 3.05) is 19.7 Å². The lowest BCUT2D eigenvalue weighted by Gasteiger charge is -2.23. The van der Waals surface area contributed by atoms with Gasteiger partial charge in [-0.1, -0.05) is 17.7 Å². The highest BCUT2D eigenvalue weighted by Gasteiger charge is 2.24. The van der Waals surface area contributed by atoms with Gasteiger partial charge in [0.05, 0.1) is 11.0 Å². The number of benzene rings is 1. The Bertz CT molecular complexity index is 482. The third-order valence-electron chi connectivity index (χ3n) is 2.69. The number of rotatable bonds is 7. The van der Waals surface area contributed by atoms with Crippen molar-refractivity contribution in [1.82, 2.24) is 4.31 Å². The van der Waals surface area contributed by atoms with Crippen LogP contribution in [0.1, 0.15) is 18.9 Å². The molecule has 0 radical (unpaired) electrons. The fourth-order valence-corrected chi connectivity index (χ4v) is 3.27. The van der Waals surface area contributed by atoms with Crippen LogP contribution >= 0.6 is 0 Å². The van der Waals surface area contributed by atoms with Crippen molar-refractivity contribution in [2.24, 2.45) is 0 Å². The third kappa shape index (κ3) is 4.58. The molecule has 19 heavy (non-hydrogen) atoms. The Morgan fingerprint density at radius 1 is 1.26 bits per heavy atom. The molecule has 0 aliphatic heterocycles. The summed E-state index contributed by atoms with van der Waals surface area (Å²) in [5.74, 6) is 0. The SMILES string of the molecule is Cc1ccc(S(=O)(=O)N(CCCO)CC(C)O)cc1. The summed E-state index contributed by atoms with van der Waals surface area (Å²) >= 11 is 0. The second-order valence-corrected chi connectivity index (χ2v) is 6.54. The molecule has 0 saturated carbocycles. The molecule has 1 aromatic carbocycles. The zero-order valence-electron chi connectivity index (χ0n) is 11.3. The maximum Gasteiger partial charge on any atom is 0.243 e. The molecule has 0 bridgehead atoms. The number of aliphatic hydroxyl groups is 2. The van der Waals surface area contributed by atoms with E-state index in [1.807, 2.05) is 6.92 Å². The van der Waals surface area contributed by atoms with Crippen LogP contribution in [-0.4, -0.2) is 48.7 Å². The van der Waals surface area contributed by atoms with E-state index >= 15 is 0 Å². The van der Waals surface area contributed by atoms with Crippen molar-refractivity contribution in [3.8, 4) is 0 Å². The van der Waals surface area contributed by atoms with Crippen LogP contribution < -0.4 is 0 Å². The molecule has 0 aliphatic rings. The van der Waals surface area contributed by atoms with Crippen molar-refractivity contribution < 1.29 is 18.6 Å². The van der Waals surface area contributed by atoms with Crippen LogP contribution in [0, 0.1) is 6.92 Å². The van der Waals surface area contributed by atoms with Crippen molar-refractivity contribution in [3.63, 3.8) is 0 Å². The number of hydrogen-bond acceptors (Lipinski definition) is 4. The van der Waals surface area contributed by atoms with E-state index < -0.39 is 16.1 Å². The predicted molar refractivity (Wildman–Crippen MR) is 73.3 cm³/mol. The van der Waals surface area contributed by atoms with Crippen LogP contribution in [0.15, 0.2) is 29.2 Å². The molecule has 6 heteroatoms. The lowest BCUT2D eigenvalue weighted by molar-refractivity contribution is 0.159. The summed E-state index contributed by atoms with van der Waals surface area (Å²) in [6.07, 6.45) is -0.406. The van der Waals surface area contributed by atoms with Crippen molar-refractivity contribution in [1.29, 1.82) is 0 Å². The number of nitrogens with zero attached hydrogens (tertiary/aromatic N) is 1. The maximum atomic E-state index is 12.4. The molecule has 0 spiro atoms. The van der Waals surface area contributed by atoms with Gasteiger partial charge in [-0.25, -0.2) is 8.42 Å². The summed E-state index contributed by atoms with van der Waals surface area (Å²) in [6.45, 7) is 3.56. The molecule has 1 aromatic rings. The van der Waals surface area contributed by atoms with Gasteiger partial charge in [0.2, 0.25) is 10.0 Å². The highest BCUT2D eigenvalue weighted by molar-refractivity contribution is 7.89. The van der Waals surface area contributed by atoms with E-state index in [1.165, 1.54) is 11.2 Å². The van der Waals surface area contributed by atoms with Gasteiger partial charge >= 0.3 is 0 Å². The summed E-state index contributed by atoms with van der Waals surface area (Å²) in [4.78, 5) is 0.205. The minimum atomic E-state index is -3.62. The first-order chi connectivity index (χ1) is 8.87. The van der Waals surface area contributed by atoms with Crippen LogP contribution in [0.25, 0.3) is 0 Å². The largest absolute Gasteiger partial charge is 0.396 e. The van der Waals surface area contributed by atoms with Gasteiger partial charge in [-0.05, 0) is 32.4 Å². The van der Waals surface area contributed by atoms with Gasteiger partial charge in [-0.15, -0.1) is 0 Å². The van der Waals surface area contributed by atoms with Crippen LogP contribution in [0.2, 0.25) is 0 Å². The second kappa shape index (κ2) is 7.00. The fraction of sp³-hybridized carbons (Fsp3) is 0.538. The van der Waals surface area contributed by atoms with E-state index in [0.717, 1.165) is 5.56 Å². The highest BCUT2D eigenvalue weighted by atomic mass is 32.2. The lowest BCUT2D eigenvalue weighted by atomic mass is 10.2. The number of hydrogen-bond donors (Lipinski definition) is 2. The minimum Gasteiger partial charge on any atom is -0.396 e. The van der Waals surface area contributed by atoms with E-state index in [9.17, 15) is 13.5 Å². The van der Waals surface area contributed by atoms with E-state index in [2.05, 4.69) is 0 Å². The van der Waals surface area contributed by atoms with E-state index in [-0.39, 0.29) is 24.6 Å². The number of sulfonamides is 1. The number of aryl methyl sites for hydroxylation is 1. The normalized spacial score (nSPS) is 13.7. The summed E-state index contributed by atoms with van der Waals surface area (Å²) in [7, 11) is -3.62. The van der Waals surface area contributed by atoms with E-state index in [4.69, 9.17) is 5.11 Å².